The normalized spacial score (nSPS) is 29.0. The first-order valence-corrected chi connectivity index (χ1v) is 8.17. The Hall–Kier alpha value is -0.930. The van der Waals surface area contributed by atoms with Crippen molar-refractivity contribution in [2.45, 2.75) is 39.2 Å². The number of hydrogen-bond acceptors (Lipinski definition) is 2. The van der Waals surface area contributed by atoms with Gasteiger partial charge in [-0.15, -0.1) is 0 Å². The number of benzene rings is 1. The third kappa shape index (κ3) is 3.14. The molecule has 0 bridgehead atoms. The van der Waals surface area contributed by atoms with Crippen LogP contribution in [0.15, 0.2) is 24.3 Å². The molecule has 2 aliphatic heterocycles. The summed E-state index contributed by atoms with van der Waals surface area (Å²) in [5.74, 6) is 0.917. The fourth-order valence-corrected chi connectivity index (χ4v) is 3.94. The molecule has 3 rings (SSSR count). The van der Waals surface area contributed by atoms with E-state index >= 15 is 0 Å². The Morgan fingerprint density at radius 2 is 1.86 bits per heavy atom. The van der Waals surface area contributed by atoms with Crippen molar-refractivity contribution < 1.29 is 9.13 Å². The zero-order valence-electron chi connectivity index (χ0n) is 13.1. The van der Waals surface area contributed by atoms with Gasteiger partial charge in [-0.2, -0.15) is 0 Å². The Bertz CT molecular complexity index is 465. The first-order chi connectivity index (χ1) is 10.1. The molecule has 2 nitrogen and oxygen atoms in total. The first kappa shape index (κ1) is 15.0. The van der Waals surface area contributed by atoms with Crippen molar-refractivity contribution >= 4 is 0 Å². The molecule has 0 aromatic heterocycles. The van der Waals surface area contributed by atoms with Gasteiger partial charge in [-0.1, -0.05) is 26.0 Å². The number of nitrogens with one attached hydrogen (secondary N) is 1. The van der Waals surface area contributed by atoms with E-state index in [4.69, 9.17) is 4.74 Å². The summed E-state index contributed by atoms with van der Waals surface area (Å²) < 4.78 is 19.5. The lowest BCUT2D eigenvalue weighted by molar-refractivity contribution is -0.123. The van der Waals surface area contributed by atoms with Gasteiger partial charge in [0.25, 0.3) is 0 Å². The molecule has 0 aliphatic carbocycles. The van der Waals surface area contributed by atoms with Crippen molar-refractivity contribution in [2.75, 3.05) is 19.7 Å². The van der Waals surface area contributed by atoms with E-state index in [1.807, 2.05) is 12.1 Å². The van der Waals surface area contributed by atoms with Crippen LogP contribution in [0.4, 0.5) is 4.39 Å². The van der Waals surface area contributed by atoms with Crippen LogP contribution in [0.3, 0.4) is 0 Å². The minimum atomic E-state index is -0.175. The van der Waals surface area contributed by atoms with E-state index < -0.39 is 0 Å². The Morgan fingerprint density at radius 3 is 2.48 bits per heavy atom. The molecule has 116 valence electrons. The van der Waals surface area contributed by atoms with Gasteiger partial charge in [0.05, 0.1) is 12.7 Å². The quantitative estimate of drug-likeness (QED) is 0.891. The van der Waals surface area contributed by atoms with Crippen LogP contribution in [0.1, 0.15) is 44.8 Å². The highest BCUT2D eigenvalue weighted by Gasteiger charge is 2.43. The molecule has 3 heteroatoms. The molecular weight excluding hydrogens is 265 g/mol. The summed E-state index contributed by atoms with van der Waals surface area (Å²) in [6.07, 6.45) is 3.78. The van der Waals surface area contributed by atoms with E-state index in [2.05, 4.69) is 19.2 Å². The molecule has 2 fully saturated rings. The standard InChI is InChI=1S/C18H26FNO/c1-13(2)16-11-18(7-9-20-10-8-18)12-21-17(16)14-3-5-15(19)6-4-14/h3-6,13,16-17,20H,7-12H2,1-2H3/t16-,17-/m1/s1. The van der Waals surface area contributed by atoms with E-state index in [0.29, 0.717) is 17.3 Å². The molecule has 21 heavy (non-hydrogen) atoms. The van der Waals surface area contributed by atoms with Crippen molar-refractivity contribution in [3.8, 4) is 0 Å². The summed E-state index contributed by atoms with van der Waals surface area (Å²) >= 11 is 0. The lowest BCUT2D eigenvalue weighted by atomic mass is 9.67. The molecule has 1 aromatic carbocycles. The summed E-state index contributed by atoms with van der Waals surface area (Å²) in [5, 5.41) is 3.45. The Labute approximate surface area is 127 Å². The van der Waals surface area contributed by atoms with E-state index in [-0.39, 0.29) is 11.9 Å². The van der Waals surface area contributed by atoms with Gasteiger partial charge in [-0.05, 0) is 67.3 Å². The zero-order chi connectivity index (χ0) is 14.9. The number of hydrogen-bond donors (Lipinski definition) is 1. The third-order valence-corrected chi connectivity index (χ3v) is 5.35. The number of rotatable bonds is 2. The summed E-state index contributed by atoms with van der Waals surface area (Å²) in [6, 6.07) is 6.86. The minimum Gasteiger partial charge on any atom is -0.373 e. The molecule has 0 saturated carbocycles. The Balaban J connectivity index is 1.80. The van der Waals surface area contributed by atoms with E-state index in [0.717, 1.165) is 25.3 Å². The summed E-state index contributed by atoms with van der Waals surface area (Å²) in [5.41, 5.74) is 1.48. The van der Waals surface area contributed by atoms with Gasteiger partial charge in [0.15, 0.2) is 0 Å². The molecule has 2 atom stereocenters. The van der Waals surface area contributed by atoms with Crippen LogP contribution in [0.5, 0.6) is 0 Å². The maximum atomic E-state index is 13.1. The molecule has 2 heterocycles. The fourth-order valence-electron chi connectivity index (χ4n) is 3.94. The lowest BCUT2D eigenvalue weighted by Gasteiger charge is -2.48. The van der Waals surface area contributed by atoms with E-state index in [1.54, 1.807) is 12.1 Å². The highest BCUT2D eigenvalue weighted by molar-refractivity contribution is 5.20. The summed E-state index contributed by atoms with van der Waals surface area (Å²) in [4.78, 5) is 0. The van der Waals surface area contributed by atoms with Gasteiger partial charge >= 0.3 is 0 Å². The smallest absolute Gasteiger partial charge is 0.123 e. The van der Waals surface area contributed by atoms with Gasteiger partial charge in [-0.3, -0.25) is 0 Å². The maximum Gasteiger partial charge on any atom is 0.123 e. The van der Waals surface area contributed by atoms with Gasteiger partial charge in [0.2, 0.25) is 0 Å². The Kier molecular flexibility index (Phi) is 4.32. The second-order valence-corrected chi connectivity index (χ2v) is 7.15. The van der Waals surface area contributed by atoms with E-state index in [1.165, 1.54) is 19.3 Å². The van der Waals surface area contributed by atoms with E-state index in [9.17, 15) is 4.39 Å². The molecule has 0 unspecified atom stereocenters. The molecule has 0 amide bonds. The predicted molar refractivity (Wildman–Crippen MR) is 82.6 cm³/mol. The first-order valence-electron chi connectivity index (χ1n) is 8.17. The van der Waals surface area contributed by atoms with Crippen LogP contribution >= 0.6 is 0 Å². The Morgan fingerprint density at radius 1 is 1.19 bits per heavy atom. The number of ether oxygens (including phenoxy) is 1. The largest absolute Gasteiger partial charge is 0.373 e. The van der Waals surface area contributed by atoms with Crippen LogP contribution in [-0.2, 0) is 4.74 Å². The van der Waals surface area contributed by atoms with Crippen molar-refractivity contribution in [3.05, 3.63) is 35.6 Å². The average Bonchev–Trinajstić information content (AvgIpc) is 2.49. The van der Waals surface area contributed by atoms with Crippen LogP contribution in [0.25, 0.3) is 0 Å². The molecular formula is C18H26FNO. The molecule has 1 N–H and O–H groups in total. The van der Waals surface area contributed by atoms with Crippen LogP contribution in [0, 0.1) is 23.1 Å². The fraction of sp³-hybridized carbons (Fsp3) is 0.667. The van der Waals surface area contributed by atoms with Crippen LogP contribution in [0.2, 0.25) is 0 Å². The van der Waals surface area contributed by atoms with Crippen molar-refractivity contribution in [1.82, 2.24) is 5.32 Å². The van der Waals surface area contributed by atoms with Gasteiger partial charge in [0.1, 0.15) is 5.82 Å². The highest BCUT2D eigenvalue weighted by atomic mass is 19.1. The minimum absolute atomic E-state index is 0.117. The van der Waals surface area contributed by atoms with Crippen molar-refractivity contribution in [2.24, 2.45) is 17.3 Å². The van der Waals surface area contributed by atoms with Crippen molar-refractivity contribution in [3.63, 3.8) is 0 Å². The second-order valence-electron chi connectivity index (χ2n) is 7.15. The van der Waals surface area contributed by atoms with Crippen molar-refractivity contribution in [1.29, 1.82) is 0 Å². The second kappa shape index (κ2) is 6.05. The monoisotopic (exact) mass is 291 g/mol. The molecule has 1 aromatic rings. The van der Waals surface area contributed by atoms with Crippen LogP contribution in [-0.4, -0.2) is 19.7 Å². The predicted octanol–water partition coefficient (Wildman–Crippen LogP) is 3.93. The van der Waals surface area contributed by atoms with Gasteiger partial charge < -0.3 is 10.1 Å². The third-order valence-electron chi connectivity index (χ3n) is 5.35. The van der Waals surface area contributed by atoms with Crippen LogP contribution < -0.4 is 5.32 Å². The highest BCUT2D eigenvalue weighted by Crippen LogP contribution is 2.48. The van der Waals surface area contributed by atoms with Gasteiger partial charge in [0, 0.05) is 0 Å². The van der Waals surface area contributed by atoms with Gasteiger partial charge in [-0.25, -0.2) is 4.39 Å². The maximum absolute atomic E-state index is 13.1. The molecule has 2 aliphatic rings. The topological polar surface area (TPSA) is 21.3 Å². The SMILES string of the molecule is CC(C)[C@H]1CC2(CCNCC2)CO[C@@H]1c1ccc(F)cc1. The summed E-state index contributed by atoms with van der Waals surface area (Å²) in [7, 11) is 0. The summed E-state index contributed by atoms with van der Waals surface area (Å²) in [6.45, 7) is 7.63. The molecule has 2 saturated heterocycles. The molecule has 1 spiro atoms. The molecule has 0 radical (unpaired) electrons. The zero-order valence-corrected chi connectivity index (χ0v) is 13.1. The lowest BCUT2D eigenvalue weighted by Crippen LogP contribution is -2.46. The number of piperidine rings is 1. The number of halogens is 1. The average molecular weight is 291 g/mol.